The number of rotatable bonds is 4. The average Bonchev–Trinajstić information content (AvgIpc) is 3.13. The number of thioether (sulfide) groups is 1. The minimum Gasteiger partial charge on any atom is -0.467 e. The van der Waals surface area contributed by atoms with Crippen molar-refractivity contribution < 1.29 is 14.3 Å². The van der Waals surface area contributed by atoms with Crippen molar-refractivity contribution in [3.05, 3.63) is 54.0 Å². The second kappa shape index (κ2) is 5.73. The molecule has 1 amide bonds. The molecule has 0 bridgehead atoms. The van der Waals surface area contributed by atoms with E-state index < -0.39 is 6.04 Å². The molecule has 4 nitrogen and oxygen atoms in total. The lowest BCUT2D eigenvalue weighted by Gasteiger charge is -2.17. The van der Waals surface area contributed by atoms with Gasteiger partial charge in [-0.1, -0.05) is 18.2 Å². The first-order valence-electron chi connectivity index (χ1n) is 6.46. The first-order valence-corrected chi connectivity index (χ1v) is 7.44. The number of benzene rings is 1. The first kappa shape index (κ1) is 13.3. The van der Waals surface area contributed by atoms with Gasteiger partial charge in [0.1, 0.15) is 11.8 Å². The predicted octanol–water partition coefficient (Wildman–Crippen LogP) is 2.32. The molecule has 0 saturated carbocycles. The van der Waals surface area contributed by atoms with Gasteiger partial charge in [0.05, 0.1) is 18.8 Å². The molecule has 0 aliphatic carbocycles. The summed E-state index contributed by atoms with van der Waals surface area (Å²) in [5.41, 5.74) is 1.06. The quantitative estimate of drug-likeness (QED) is 0.906. The predicted molar refractivity (Wildman–Crippen MR) is 76.6 cm³/mol. The molecule has 2 atom stereocenters. The molecule has 20 heavy (non-hydrogen) atoms. The van der Waals surface area contributed by atoms with Crippen LogP contribution in [0.1, 0.15) is 23.3 Å². The summed E-state index contributed by atoms with van der Waals surface area (Å²) in [6.45, 7) is -0.180. The molecular weight excluding hydrogens is 274 g/mol. The lowest BCUT2D eigenvalue weighted by atomic mass is 10.00. The fourth-order valence-corrected chi connectivity index (χ4v) is 3.58. The van der Waals surface area contributed by atoms with Crippen LogP contribution in [0.5, 0.6) is 0 Å². The average molecular weight is 289 g/mol. The Morgan fingerprint density at radius 3 is 3.00 bits per heavy atom. The van der Waals surface area contributed by atoms with Crippen molar-refractivity contribution in [2.45, 2.75) is 16.9 Å². The van der Waals surface area contributed by atoms with Crippen LogP contribution in [0, 0.1) is 0 Å². The second-order valence-corrected chi connectivity index (χ2v) is 5.72. The van der Waals surface area contributed by atoms with Crippen LogP contribution in [-0.4, -0.2) is 23.4 Å². The van der Waals surface area contributed by atoms with Gasteiger partial charge in [0.2, 0.25) is 5.91 Å². The standard InChI is InChI=1S/C15H15NO3S/c17-8-12(13-5-3-7-19-13)16-15(18)11-9-20-14-6-2-1-4-10(11)14/h1-7,11-12,17H,8-9H2,(H,16,18). The minimum atomic E-state index is -0.490. The van der Waals surface area contributed by atoms with Gasteiger partial charge in [-0.2, -0.15) is 0 Å². The number of nitrogens with one attached hydrogen (secondary N) is 1. The highest BCUT2D eigenvalue weighted by atomic mass is 32.2. The molecule has 1 aliphatic heterocycles. The lowest BCUT2D eigenvalue weighted by molar-refractivity contribution is -0.123. The van der Waals surface area contributed by atoms with Gasteiger partial charge in [0, 0.05) is 10.6 Å². The van der Waals surface area contributed by atoms with Crippen LogP contribution in [-0.2, 0) is 4.79 Å². The molecule has 2 heterocycles. The summed E-state index contributed by atoms with van der Waals surface area (Å²) in [5, 5.41) is 12.3. The number of aliphatic hydroxyl groups is 1. The molecule has 0 spiro atoms. The summed E-state index contributed by atoms with van der Waals surface area (Å²) in [4.78, 5) is 13.6. The smallest absolute Gasteiger partial charge is 0.229 e. The van der Waals surface area contributed by atoms with E-state index in [1.807, 2.05) is 24.3 Å². The topological polar surface area (TPSA) is 62.5 Å². The lowest BCUT2D eigenvalue weighted by Crippen LogP contribution is -2.34. The zero-order chi connectivity index (χ0) is 13.9. The maximum absolute atomic E-state index is 12.4. The highest BCUT2D eigenvalue weighted by Gasteiger charge is 2.30. The molecule has 0 fully saturated rings. The fraction of sp³-hybridized carbons (Fsp3) is 0.267. The number of hydrogen-bond acceptors (Lipinski definition) is 4. The maximum Gasteiger partial charge on any atom is 0.229 e. The molecular formula is C15H15NO3S. The molecule has 3 rings (SSSR count). The van der Waals surface area contributed by atoms with E-state index in [1.54, 1.807) is 23.9 Å². The Morgan fingerprint density at radius 1 is 1.40 bits per heavy atom. The van der Waals surface area contributed by atoms with Crippen LogP contribution < -0.4 is 5.32 Å². The highest BCUT2D eigenvalue weighted by Crippen LogP contribution is 2.39. The van der Waals surface area contributed by atoms with Crippen LogP contribution >= 0.6 is 11.8 Å². The molecule has 1 aliphatic rings. The number of carbonyl (C=O) groups excluding carboxylic acids is 1. The number of carbonyl (C=O) groups is 1. The van der Waals surface area contributed by atoms with Crippen molar-refractivity contribution in [3.63, 3.8) is 0 Å². The summed E-state index contributed by atoms with van der Waals surface area (Å²) < 4.78 is 5.24. The van der Waals surface area contributed by atoms with Gasteiger partial charge >= 0.3 is 0 Å². The van der Waals surface area contributed by atoms with Gasteiger partial charge < -0.3 is 14.8 Å². The maximum atomic E-state index is 12.4. The van der Waals surface area contributed by atoms with Crippen LogP contribution in [0.4, 0.5) is 0 Å². The Hall–Kier alpha value is -1.72. The zero-order valence-electron chi connectivity index (χ0n) is 10.8. The van der Waals surface area contributed by atoms with E-state index >= 15 is 0 Å². The van der Waals surface area contributed by atoms with Crippen molar-refractivity contribution in [2.75, 3.05) is 12.4 Å². The van der Waals surface area contributed by atoms with Gasteiger partial charge in [-0.15, -0.1) is 11.8 Å². The van der Waals surface area contributed by atoms with E-state index in [0.717, 1.165) is 16.2 Å². The van der Waals surface area contributed by atoms with Crippen LogP contribution in [0.15, 0.2) is 52.0 Å². The Morgan fingerprint density at radius 2 is 2.25 bits per heavy atom. The van der Waals surface area contributed by atoms with E-state index in [0.29, 0.717) is 5.76 Å². The molecule has 1 aromatic carbocycles. The van der Waals surface area contributed by atoms with Crippen LogP contribution in [0.3, 0.4) is 0 Å². The van der Waals surface area contributed by atoms with Gasteiger partial charge in [-0.25, -0.2) is 0 Å². The van der Waals surface area contributed by atoms with E-state index in [2.05, 4.69) is 5.32 Å². The van der Waals surface area contributed by atoms with Gasteiger partial charge in [-0.05, 0) is 23.8 Å². The van der Waals surface area contributed by atoms with Gasteiger partial charge in [0.25, 0.3) is 0 Å². The number of fused-ring (bicyclic) bond motifs is 1. The number of aliphatic hydroxyl groups excluding tert-OH is 1. The Kier molecular flexibility index (Phi) is 3.80. The number of furan rings is 1. The van der Waals surface area contributed by atoms with Crippen molar-refractivity contribution in [1.82, 2.24) is 5.32 Å². The summed E-state index contributed by atoms with van der Waals surface area (Å²) in [6, 6.07) is 10.9. The van der Waals surface area contributed by atoms with Crippen molar-refractivity contribution >= 4 is 17.7 Å². The summed E-state index contributed by atoms with van der Waals surface area (Å²) in [5.74, 6) is 1.07. The van der Waals surface area contributed by atoms with Gasteiger partial charge in [0.15, 0.2) is 0 Å². The molecule has 2 unspecified atom stereocenters. The van der Waals surface area contributed by atoms with E-state index in [-0.39, 0.29) is 18.4 Å². The van der Waals surface area contributed by atoms with E-state index in [9.17, 15) is 9.90 Å². The largest absolute Gasteiger partial charge is 0.467 e. The molecule has 0 saturated heterocycles. The number of amides is 1. The monoisotopic (exact) mass is 289 g/mol. The van der Waals surface area contributed by atoms with Crippen molar-refractivity contribution in [3.8, 4) is 0 Å². The van der Waals surface area contributed by atoms with E-state index in [4.69, 9.17) is 4.42 Å². The second-order valence-electron chi connectivity index (χ2n) is 4.66. The van der Waals surface area contributed by atoms with Crippen LogP contribution in [0.25, 0.3) is 0 Å². The van der Waals surface area contributed by atoms with E-state index in [1.165, 1.54) is 6.26 Å². The summed E-state index contributed by atoms with van der Waals surface area (Å²) in [7, 11) is 0. The SMILES string of the molecule is O=C(NC(CO)c1ccco1)C1CSc2ccccc21. The normalized spacial score (nSPS) is 18.6. The first-order chi connectivity index (χ1) is 9.79. The third-order valence-corrected chi connectivity index (χ3v) is 4.58. The zero-order valence-corrected chi connectivity index (χ0v) is 11.6. The molecule has 1 aromatic heterocycles. The molecule has 104 valence electrons. The minimum absolute atomic E-state index is 0.0714. The molecule has 2 N–H and O–H groups in total. The molecule has 0 radical (unpaired) electrons. The Bertz CT molecular complexity index is 597. The molecule has 2 aromatic rings. The Labute approximate surface area is 121 Å². The van der Waals surface area contributed by atoms with Crippen molar-refractivity contribution in [1.29, 1.82) is 0 Å². The third-order valence-electron chi connectivity index (χ3n) is 3.40. The third kappa shape index (κ3) is 2.46. The van der Waals surface area contributed by atoms with Gasteiger partial charge in [-0.3, -0.25) is 4.79 Å². The van der Waals surface area contributed by atoms with Crippen molar-refractivity contribution in [2.24, 2.45) is 0 Å². The van der Waals surface area contributed by atoms with Crippen LogP contribution in [0.2, 0.25) is 0 Å². The summed E-state index contributed by atoms with van der Waals surface area (Å²) >= 11 is 1.69. The molecule has 5 heteroatoms. The highest BCUT2D eigenvalue weighted by molar-refractivity contribution is 7.99. The summed E-state index contributed by atoms with van der Waals surface area (Å²) in [6.07, 6.45) is 1.53. The number of hydrogen-bond donors (Lipinski definition) is 2. The fourth-order valence-electron chi connectivity index (χ4n) is 2.35. The Balaban J connectivity index is 1.74.